The molecule has 0 saturated carbocycles. The lowest BCUT2D eigenvalue weighted by Crippen LogP contribution is -2.53. The average molecular weight is 215 g/mol. The molecule has 86 valence electrons. The summed E-state index contributed by atoms with van der Waals surface area (Å²) < 4.78 is 0. The Morgan fingerprint density at radius 3 is 3.12 bits per heavy atom. The van der Waals surface area contributed by atoms with Gasteiger partial charge in [-0.3, -0.25) is 0 Å². The van der Waals surface area contributed by atoms with Crippen molar-refractivity contribution in [2.45, 2.75) is 51.0 Å². The summed E-state index contributed by atoms with van der Waals surface area (Å²) in [5.41, 5.74) is 5.01. The van der Waals surface area contributed by atoms with Crippen LogP contribution in [0.2, 0.25) is 0 Å². The highest BCUT2D eigenvalue weighted by Crippen LogP contribution is 2.42. The Hall–Kier alpha value is -0.820. The minimum absolute atomic E-state index is 0.387. The fraction of sp³-hybridized carbons (Fsp3) is 0.600. The second-order valence-corrected chi connectivity index (χ2v) is 5.73. The van der Waals surface area contributed by atoms with E-state index in [1.54, 1.807) is 11.1 Å². The normalized spacial score (nSPS) is 33.0. The molecule has 1 nitrogen and oxygen atoms in total. The number of hydrogen-bond acceptors (Lipinski definition) is 1. The van der Waals surface area contributed by atoms with E-state index in [4.69, 9.17) is 0 Å². The van der Waals surface area contributed by atoms with Gasteiger partial charge in [0, 0.05) is 11.5 Å². The smallest absolute Gasteiger partial charge is 0.0165 e. The number of rotatable bonds is 0. The van der Waals surface area contributed by atoms with Gasteiger partial charge in [0.05, 0.1) is 0 Å². The summed E-state index contributed by atoms with van der Waals surface area (Å²) in [6, 6.07) is 7.74. The molecule has 1 aliphatic carbocycles. The minimum Gasteiger partial charge on any atom is -0.313 e. The third-order valence-corrected chi connectivity index (χ3v) is 4.62. The van der Waals surface area contributed by atoms with Crippen LogP contribution >= 0.6 is 0 Å². The van der Waals surface area contributed by atoms with Crippen molar-refractivity contribution in [3.8, 4) is 0 Å². The SMILES string of the molecule is Cc1ccc2c(c1)[C@@]1(C)CCCNC1CC2. The first-order valence-corrected chi connectivity index (χ1v) is 6.53. The third kappa shape index (κ3) is 1.41. The van der Waals surface area contributed by atoms with Crippen LogP contribution < -0.4 is 5.32 Å². The number of benzene rings is 1. The third-order valence-electron chi connectivity index (χ3n) is 4.62. The highest BCUT2D eigenvalue weighted by atomic mass is 14.9. The number of fused-ring (bicyclic) bond motifs is 3. The Morgan fingerprint density at radius 1 is 1.38 bits per heavy atom. The molecule has 2 atom stereocenters. The van der Waals surface area contributed by atoms with Crippen molar-refractivity contribution in [2.75, 3.05) is 6.54 Å². The Morgan fingerprint density at radius 2 is 2.25 bits per heavy atom. The summed E-state index contributed by atoms with van der Waals surface area (Å²) in [5.74, 6) is 0. The average Bonchev–Trinajstić information content (AvgIpc) is 2.29. The molecule has 0 spiro atoms. The van der Waals surface area contributed by atoms with E-state index in [-0.39, 0.29) is 0 Å². The number of nitrogens with one attached hydrogen (secondary N) is 1. The van der Waals surface area contributed by atoms with Gasteiger partial charge >= 0.3 is 0 Å². The van der Waals surface area contributed by atoms with Gasteiger partial charge in [0.15, 0.2) is 0 Å². The molecule has 1 aliphatic heterocycles. The van der Waals surface area contributed by atoms with Crippen LogP contribution in [0.1, 0.15) is 42.9 Å². The van der Waals surface area contributed by atoms with Crippen LogP contribution in [0, 0.1) is 6.92 Å². The van der Waals surface area contributed by atoms with E-state index >= 15 is 0 Å². The van der Waals surface area contributed by atoms with Gasteiger partial charge in [-0.25, -0.2) is 0 Å². The van der Waals surface area contributed by atoms with Crippen molar-refractivity contribution in [1.29, 1.82) is 0 Å². The molecule has 0 radical (unpaired) electrons. The summed E-state index contributed by atoms with van der Waals surface area (Å²) >= 11 is 0. The van der Waals surface area contributed by atoms with Crippen molar-refractivity contribution in [2.24, 2.45) is 0 Å². The first kappa shape index (κ1) is 10.3. The van der Waals surface area contributed by atoms with E-state index in [1.165, 1.54) is 37.8 Å². The van der Waals surface area contributed by atoms with E-state index < -0.39 is 0 Å². The second kappa shape index (κ2) is 3.59. The Labute approximate surface area is 98.3 Å². The maximum Gasteiger partial charge on any atom is 0.0165 e. The van der Waals surface area contributed by atoms with Crippen molar-refractivity contribution < 1.29 is 0 Å². The van der Waals surface area contributed by atoms with E-state index in [2.05, 4.69) is 37.4 Å². The van der Waals surface area contributed by atoms with Gasteiger partial charge < -0.3 is 5.32 Å². The van der Waals surface area contributed by atoms with Gasteiger partial charge in [-0.1, -0.05) is 30.7 Å². The first-order valence-electron chi connectivity index (χ1n) is 6.53. The molecule has 0 aromatic heterocycles. The van der Waals surface area contributed by atoms with Crippen LogP contribution in [-0.4, -0.2) is 12.6 Å². The fourth-order valence-corrected chi connectivity index (χ4v) is 3.61. The van der Waals surface area contributed by atoms with E-state index in [0.29, 0.717) is 11.5 Å². The van der Waals surface area contributed by atoms with Crippen LogP contribution in [0.25, 0.3) is 0 Å². The molecule has 1 heterocycles. The molecule has 1 fully saturated rings. The molecule has 3 rings (SSSR count). The highest BCUT2D eigenvalue weighted by molar-refractivity contribution is 5.41. The Bertz CT molecular complexity index is 410. The summed E-state index contributed by atoms with van der Waals surface area (Å²) in [7, 11) is 0. The molecule has 1 saturated heterocycles. The van der Waals surface area contributed by atoms with Crippen LogP contribution in [0.15, 0.2) is 18.2 Å². The highest BCUT2D eigenvalue weighted by Gasteiger charge is 2.41. The molecule has 16 heavy (non-hydrogen) atoms. The van der Waals surface area contributed by atoms with Crippen LogP contribution in [0.3, 0.4) is 0 Å². The number of piperidine rings is 1. The molecule has 2 aliphatic rings. The fourth-order valence-electron chi connectivity index (χ4n) is 3.61. The van der Waals surface area contributed by atoms with Gasteiger partial charge in [-0.15, -0.1) is 0 Å². The molecule has 1 heteroatoms. The molecular formula is C15H21N. The predicted molar refractivity (Wildman–Crippen MR) is 67.9 cm³/mol. The van der Waals surface area contributed by atoms with Crippen molar-refractivity contribution >= 4 is 0 Å². The topological polar surface area (TPSA) is 12.0 Å². The Balaban J connectivity index is 2.11. The number of hydrogen-bond donors (Lipinski definition) is 1. The van der Waals surface area contributed by atoms with Crippen LogP contribution in [0.5, 0.6) is 0 Å². The van der Waals surface area contributed by atoms with E-state index in [1.807, 2.05) is 0 Å². The largest absolute Gasteiger partial charge is 0.313 e. The summed E-state index contributed by atoms with van der Waals surface area (Å²) in [4.78, 5) is 0. The van der Waals surface area contributed by atoms with E-state index in [9.17, 15) is 0 Å². The second-order valence-electron chi connectivity index (χ2n) is 5.73. The van der Waals surface area contributed by atoms with Crippen molar-refractivity contribution in [1.82, 2.24) is 5.32 Å². The molecule has 1 unspecified atom stereocenters. The van der Waals surface area contributed by atoms with Gasteiger partial charge in [0.1, 0.15) is 0 Å². The van der Waals surface area contributed by atoms with Crippen molar-refractivity contribution in [3.05, 3.63) is 34.9 Å². The zero-order chi connectivity index (χ0) is 11.2. The quantitative estimate of drug-likeness (QED) is 0.701. The lowest BCUT2D eigenvalue weighted by molar-refractivity contribution is 0.220. The molecule has 1 aromatic carbocycles. The molecule has 0 amide bonds. The summed E-state index contributed by atoms with van der Waals surface area (Å²) in [5, 5.41) is 3.72. The lowest BCUT2D eigenvalue weighted by Gasteiger charge is -2.47. The van der Waals surface area contributed by atoms with Crippen LogP contribution in [0.4, 0.5) is 0 Å². The van der Waals surface area contributed by atoms with Gasteiger partial charge in [0.25, 0.3) is 0 Å². The van der Waals surface area contributed by atoms with Gasteiger partial charge in [-0.2, -0.15) is 0 Å². The Kier molecular flexibility index (Phi) is 2.32. The summed E-state index contributed by atoms with van der Waals surface area (Å²) in [6.45, 7) is 5.88. The maximum absolute atomic E-state index is 3.72. The molecule has 0 bridgehead atoms. The van der Waals surface area contributed by atoms with Gasteiger partial charge in [-0.05, 0) is 50.3 Å². The molecular weight excluding hydrogens is 194 g/mol. The molecule has 1 N–H and O–H groups in total. The minimum atomic E-state index is 0.387. The van der Waals surface area contributed by atoms with Crippen molar-refractivity contribution in [3.63, 3.8) is 0 Å². The predicted octanol–water partition coefficient (Wildman–Crippen LogP) is 2.95. The zero-order valence-corrected chi connectivity index (χ0v) is 10.3. The van der Waals surface area contributed by atoms with E-state index in [0.717, 1.165) is 0 Å². The first-order chi connectivity index (χ1) is 7.70. The molecule has 1 aromatic rings. The zero-order valence-electron chi connectivity index (χ0n) is 10.3. The maximum atomic E-state index is 3.72. The van der Waals surface area contributed by atoms with Gasteiger partial charge in [0.2, 0.25) is 0 Å². The number of aryl methyl sites for hydroxylation is 2. The monoisotopic (exact) mass is 215 g/mol. The lowest BCUT2D eigenvalue weighted by atomic mass is 9.64. The van der Waals surface area contributed by atoms with Crippen LogP contribution in [-0.2, 0) is 11.8 Å². The summed E-state index contributed by atoms with van der Waals surface area (Å²) in [6.07, 6.45) is 5.23. The standard InChI is InChI=1S/C15H21N/c1-11-4-5-12-6-7-14-15(2,13(12)10-11)8-3-9-16-14/h4-5,10,14,16H,3,6-9H2,1-2H3/t14?,15-/m1/s1.